The van der Waals surface area contributed by atoms with Crippen LogP contribution in [0.5, 0.6) is 0 Å². The summed E-state index contributed by atoms with van der Waals surface area (Å²) in [5, 5.41) is 7.99. The Morgan fingerprint density at radius 1 is 1.58 bits per heavy atom. The molecule has 1 unspecified atom stereocenters. The highest BCUT2D eigenvalue weighted by molar-refractivity contribution is 8.00. The molecule has 5 nitrogen and oxygen atoms in total. The van der Waals surface area contributed by atoms with Gasteiger partial charge < -0.3 is 16.6 Å². The Labute approximate surface area is 74.5 Å². The van der Waals surface area contributed by atoms with Crippen molar-refractivity contribution >= 4 is 23.6 Å². The molecule has 0 aromatic heterocycles. The zero-order chi connectivity index (χ0) is 9.72. The number of primary amides is 1. The molecule has 0 saturated heterocycles. The Bertz CT molecular complexity index is 166. The molecular formula is C6H12N2O3S. The second kappa shape index (κ2) is 5.00. The van der Waals surface area contributed by atoms with E-state index in [0.717, 1.165) is 11.8 Å². The van der Waals surface area contributed by atoms with Crippen LogP contribution in [-0.4, -0.2) is 34.0 Å². The van der Waals surface area contributed by atoms with Crippen LogP contribution in [0.1, 0.15) is 6.92 Å². The number of carbonyl (C=O) groups excluding carboxylic acids is 1. The van der Waals surface area contributed by atoms with Gasteiger partial charge in [0, 0.05) is 5.75 Å². The first-order valence-electron chi connectivity index (χ1n) is 3.34. The fourth-order valence-corrected chi connectivity index (χ4v) is 1.20. The van der Waals surface area contributed by atoms with Gasteiger partial charge in [-0.25, -0.2) is 0 Å². The normalized spacial score (nSPS) is 15.2. The molecule has 0 rings (SSSR count). The van der Waals surface area contributed by atoms with E-state index in [1.165, 1.54) is 0 Å². The van der Waals surface area contributed by atoms with Crippen molar-refractivity contribution in [1.82, 2.24) is 0 Å². The minimum atomic E-state index is -1.07. The summed E-state index contributed by atoms with van der Waals surface area (Å²) in [5.41, 5.74) is 10.1. The lowest BCUT2D eigenvalue weighted by Gasteiger charge is -2.08. The molecule has 12 heavy (non-hydrogen) atoms. The molecule has 0 heterocycles. The van der Waals surface area contributed by atoms with Crippen molar-refractivity contribution in [2.75, 3.05) is 5.75 Å². The monoisotopic (exact) mass is 192 g/mol. The Morgan fingerprint density at radius 2 is 2.08 bits per heavy atom. The van der Waals surface area contributed by atoms with Crippen LogP contribution in [0.3, 0.4) is 0 Å². The van der Waals surface area contributed by atoms with Crippen LogP contribution in [0.4, 0.5) is 0 Å². The molecule has 0 bridgehead atoms. The van der Waals surface area contributed by atoms with E-state index < -0.39 is 23.2 Å². The quantitative estimate of drug-likeness (QED) is 0.518. The Kier molecular flexibility index (Phi) is 4.68. The van der Waals surface area contributed by atoms with Crippen LogP contribution in [-0.2, 0) is 9.59 Å². The van der Waals surface area contributed by atoms with Crippen molar-refractivity contribution in [3.63, 3.8) is 0 Å². The molecule has 0 aliphatic carbocycles. The van der Waals surface area contributed by atoms with Gasteiger partial charge in [-0.05, 0) is 6.92 Å². The number of hydrogen-bond acceptors (Lipinski definition) is 4. The van der Waals surface area contributed by atoms with E-state index in [1.54, 1.807) is 6.92 Å². The summed E-state index contributed by atoms with van der Waals surface area (Å²) in [6, 6.07) is -0.934. The number of amides is 1. The maximum absolute atomic E-state index is 10.5. The van der Waals surface area contributed by atoms with E-state index in [-0.39, 0.29) is 5.75 Å². The predicted molar refractivity (Wildman–Crippen MR) is 46.7 cm³/mol. The molecule has 0 aliphatic rings. The van der Waals surface area contributed by atoms with Crippen molar-refractivity contribution in [3.05, 3.63) is 0 Å². The number of rotatable bonds is 5. The average molecular weight is 192 g/mol. The zero-order valence-corrected chi connectivity index (χ0v) is 7.50. The van der Waals surface area contributed by atoms with Gasteiger partial charge in [0.1, 0.15) is 6.04 Å². The first-order valence-corrected chi connectivity index (χ1v) is 4.39. The van der Waals surface area contributed by atoms with Crippen LogP contribution in [0.15, 0.2) is 0 Å². The highest BCUT2D eigenvalue weighted by atomic mass is 32.2. The molecule has 1 amide bonds. The number of carboxylic acids is 1. The fourth-order valence-electron chi connectivity index (χ4n) is 0.401. The van der Waals surface area contributed by atoms with Gasteiger partial charge >= 0.3 is 5.97 Å². The molecule has 0 saturated carbocycles. The molecule has 70 valence electrons. The van der Waals surface area contributed by atoms with Gasteiger partial charge in [0.05, 0.1) is 5.25 Å². The number of hydrogen-bond donors (Lipinski definition) is 3. The van der Waals surface area contributed by atoms with Crippen LogP contribution >= 0.6 is 11.8 Å². The molecule has 0 radical (unpaired) electrons. The molecule has 0 aromatic carbocycles. The van der Waals surface area contributed by atoms with Crippen LogP contribution in [0.2, 0.25) is 0 Å². The highest BCUT2D eigenvalue weighted by Gasteiger charge is 2.15. The minimum absolute atomic E-state index is 0.194. The molecule has 0 spiro atoms. The summed E-state index contributed by atoms with van der Waals surface area (Å²) in [7, 11) is 0. The van der Waals surface area contributed by atoms with E-state index in [0.29, 0.717) is 0 Å². The standard InChI is InChI=1S/C6H12N2O3S/c1-3(5(8)9)12-2-4(7)6(10)11/h3-4H,2,7H2,1H3,(H2,8,9)(H,10,11)/t3?,4-/m1/s1. The third-order valence-corrected chi connectivity index (χ3v) is 2.53. The zero-order valence-electron chi connectivity index (χ0n) is 6.69. The highest BCUT2D eigenvalue weighted by Crippen LogP contribution is 2.10. The summed E-state index contributed by atoms with van der Waals surface area (Å²) < 4.78 is 0. The largest absolute Gasteiger partial charge is 0.480 e. The Morgan fingerprint density at radius 3 is 2.42 bits per heavy atom. The number of carbonyl (C=O) groups is 2. The Balaban J connectivity index is 3.68. The number of carboxylic acid groups (broad SMARTS) is 1. The van der Waals surface area contributed by atoms with Gasteiger partial charge in [-0.15, -0.1) is 11.8 Å². The fraction of sp³-hybridized carbons (Fsp3) is 0.667. The van der Waals surface area contributed by atoms with Crippen LogP contribution in [0, 0.1) is 0 Å². The van der Waals surface area contributed by atoms with E-state index >= 15 is 0 Å². The lowest BCUT2D eigenvalue weighted by Crippen LogP contribution is -2.34. The van der Waals surface area contributed by atoms with Crippen molar-refractivity contribution in [2.45, 2.75) is 18.2 Å². The van der Waals surface area contributed by atoms with Crippen LogP contribution < -0.4 is 11.5 Å². The summed E-state index contributed by atoms with van der Waals surface area (Å²) in [4.78, 5) is 20.7. The van der Waals surface area contributed by atoms with Gasteiger partial charge in [-0.1, -0.05) is 0 Å². The molecule has 0 aliphatic heterocycles. The maximum Gasteiger partial charge on any atom is 0.321 e. The molecule has 5 N–H and O–H groups in total. The van der Waals surface area contributed by atoms with Crippen molar-refractivity contribution in [2.24, 2.45) is 11.5 Å². The second-order valence-corrected chi connectivity index (χ2v) is 3.70. The first kappa shape index (κ1) is 11.2. The summed E-state index contributed by atoms with van der Waals surface area (Å²) in [6.45, 7) is 1.61. The predicted octanol–water partition coefficient (Wildman–Crippen LogP) is -0.995. The molecule has 0 aromatic rings. The smallest absolute Gasteiger partial charge is 0.321 e. The van der Waals surface area contributed by atoms with E-state index in [4.69, 9.17) is 16.6 Å². The second-order valence-electron chi connectivity index (χ2n) is 2.32. The van der Waals surface area contributed by atoms with Crippen molar-refractivity contribution < 1.29 is 14.7 Å². The van der Waals surface area contributed by atoms with E-state index in [9.17, 15) is 9.59 Å². The average Bonchev–Trinajstić information content (AvgIpc) is 1.98. The van der Waals surface area contributed by atoms with E-state index in [2.05, 4.69) is 0 Å². The van der Waals surface area contributed by atoms with Crippen LogP contribution in [0.25, 0.3) is 0 Å². The lowest BCUT2D eigenvalue weighted by atomic mass is 10.4. The van der Waals surface area contributed by atoms with E-state index in [1.807, 2.05) is 0 Å². The van der Waals surface area contributed by atoms with Gasteiger partial charge in [0.25, 0.3) is 0 Å². The lowest BCUT2D eigenvalue weighted by molar-refractivity contribution is -0.137. The number of aliphatic carboxylic acids is 1. The summed E-state index contributed by atoms with van der Waals surface area (Å²) in [6.07, 6.45) is 0. The van der Waals surface area contributed by atoms with Gasteiger partial charge in [-0.3, -0.25) is 9.59 Å². The molecule has 0 fully saturated rings. The third kappa shape index (κ3) is 4.20. The molecule has 2 atom stereocenters. The topological polar surface area (TPSA) is 106 Å². The molecule has 6 heteroatoms. The maximum atomic E-state index is 10.5. The summed E-state index contributed by atoms with van der Waals surface area (Å²) >= 11 is 1.14. The number of nitrogens with two attached hydrogens (primary N) is 2. The number of thioether (sulfide) groups is 1. The minimum Gasteiger partial charge on any atom is -0.480 e. The Hall–Kier alpha value is -0.750. The van der Waals surface area contributed by atoms with Gasteiger partial charge in [-0.2, -0.15) is 0 Å². The molecular weight excluding hydrogens is 180 g/mol. The third-order valence-electron chi connectivity index (χ3n) is 1.24. The first-order chi connectivity index (χ1) is 5.45. The van der Waals surface area contributed by atoms with Crippen molar-refractivity contribution in [3.8, 4) is 0 Å². The van der Waals surface area contributed by atoms with Gasteiger partial charge in [0.15, 0.2) is 0 Å². The summed E-state index contributed by atoms with van der Waals surface area (Å²) in [5.74, 6) is -1.34. The van der Waals surface area contributed by atoms with Crippen molar-refractivity contribution in [1.29, 1.82) is 0 Å². The van der Waals surface area contributed by atoms with Gasteiger partial charge in [0.2, 0.25) is 5.91 Å². The SMILES string of the molecule is CC(SC[C@@H](N)C(=O)O)C(N)=O.